The second kappa shape index (κ2) is 27.7. The first-order valence-electron chi connectivity index (χ1n) is 13.7. The number of unbranched alkanes of at least 4 members (excludes halogenated alkanes) is 2. The normalized spacial score (nSPS) is 11.2. The van der Waals surface area contributed by atoms with Crippen LogP contribution in [0, 0.1) is 10.1 Å². The van der Waals surface area contributed by atoms with Crippen molar-refractivity contribution in [2.24, 2.45) is 0 Å². The average Bonchev–Trinajstić information content (AvgIpc) is 2.94. The molecule has 0 amide bonds. The van der Waals surface area contributed by atoms with Crippen molar-refractivity contribution in [1.82, 2.24) is 0 Å². The Balaban J connectivity index is 1.68. The molecule has 39 heavy (non-hydrogen) atoms. The van der Waals surface area contributed by atoms with Crippen LogP contribution in [0.5, 0.6) is 5.75 Å². The van der Waals surface area contributed by atoms with Crippen LogP contribution in [-0.4, -0.2) is 117 Å². The topological polar surface area (TPSA) is 126 Å². The molecule has 0 atom stereocenters. The number of nitro benzene ring substituents is 1. The maximum atomic E-state index is 10.6. The SMILES string of the molecule is CCCCCOCCOCCOCCOCCOCCOCCOCCOCCOc1ccc([N+](=O)[O-])cc1. The lowest BCUT2D eigenvalue weighted by atomic mass is 10.3. The van der Waals surface area contributed by atoms with Crippen molar-refractivity contribution in [3.63, 3.8) is 0 Å². The number of nitrogens with zero attached hydrogens (tertiary/aromatic N) is 1. The van der Waals surface area contributed by atoms with Gasteiger partial charge >= 0.3 is 0 Å². The highest BCUT2D eigenvalue weighted by Crippen LogP contribution is 2.17. The predicted molar refractivity (Wildman–Crippen MR) is 145 cm³/mol. The fourth-order valence-corrected chi connectivity index (χ4v) is 2.98. The smallest absolute Gasteiger partial charge is 0.269 e. The van der Waals surface area contributed by atoms with E-state index in [1.54, 1.807) is 12.1 Å². The molecule has 12 nitrogen and oxygen atoms in total. The first-order chi connectivity index (χ1) is 19.2. The van der Waals surface area contributed by atoms with E-state index in [2.05, 4.69) is 6.92 Å². The summed E-state index contributed by atoms with van der Waals surface area (Å²) in [5.74, 6) is 0.561. The van der Waals surface area contributed by atoms with Gasteiger partial charge in [0.1, 0.15) is 12.4 Å². The molecule has 0 aliphatic carbocycles. The van der Waals surface area contributed by atoms with Crippen molar-refractivity contribution < 1.29 is 47.6 Å². The summed E-state index contributed by atoms with van der Waals surface area (Å²) in [6, 6.07) is 5.92. The number of rotatable bonds is 30. The van der Waals surface area contributed by atoms with Gasteiger partial charge in [0.15, 0.2) is 0 Å². The number of non-ortho nitro benzene ring substituents is 1. The third kappa shape index (κ3) is 23.7. The summed E-state index contributed by atoms with van der Waals surface area (Å²) in [5.41, 5.74) is 0.0300. The number of hydrogen-bond acceptors (Lipinski definition) is 11. The third-order valence-corrected chi connectivity index (χ3v) is 5.04. The highest BCUT2D eigenvalue weighted by atomic mass is 16.6. The average molecular weight is 562 g/mol. The zero-order chi connectivity index (χ0) is 28.1. The van der Waals surface area contributed by atoms with E-state index in [0.29, 0.717) is 111 Å². The summed E-state index contributed by atoms with van der Waals surface area (Å²) >= 11 is 0. The number of benzene rings is 1. The monoisotopic (exact) mass is 561 g/mol. The van der Waals surface area contributed by atoms with Crippen LogP contribution >= 0.6 is 0 Å². The van der Waals surface area contributed by atoms with Crippen molar-refractivity contribution in [3.8, 4) is 5.75 Å². The van der Waals surface area contributed by atoms with Gasteiger partial charge in [-0.15, -0.1) is 0 Å². The molecule has 0 radical (unpaired) electrons. The van der Waals surface area contributed by atoms with Crippen LogP contribution in [0.2, 0.25) is 0 Å². The Morgan fingerprint density at radius 2 is 0.846 bits per heavy atom. The van der Waals surface area contributed by atoms with Crippen molar-refractivity contribution in [2.45, 2.75) is 26.2 Å². The molecule has 0 unspecified atom stereocenters. The maximum Gasteiger partial charge on any atom is 0.269 e. The van der Waals surface area contributed by atoms with E-state index in [1.807, 2.05) is 0 Å². The molecule has 0 N–H and O–H groups in total. The molecule has 12 heteroatoms. The molecule has 0 spiro atoms. The van der Waals surface area contributed by atoms with Crippen molar-refractivity contribution in [1.29, 1.82) is 0 Å². The Bertz CT molecular complexity index is 664. The summed E-state index contributed by atoms with van der Waals surface area (Å²) < 4.78 is 49.0. The van der Waals surface area contributed by atoms with Gasteiger partial charge in [-0.05, 0) is 18.6 Å². The number of nitro groups is 1. The van der Waals surface area contributed by atoms with Gasteiger partial charge in [0.25, 0.3) is 5.69 Å². The summed E-state index contributed by atoms with van der Waals surface area (Å²) in [7, 11) is 0. The lowest BCUT2D eigenvalue weighted by Crippen LogP contribution is -2.15. The minimum absolute atomic E-state index is 0.0300. The molecule has 0 saturated carbocycles. The highest BCUT2D eigenvalue weighted by molar-refractivity contribution is 5.35. The third-order valence-electron chi connectivity index (χ3n) is 5.04. The molecule has 0 saturated heterocycles. The second-order valence-electron chi connectivity index (χ2n) is 8.21. The first kappa shape index (κ1) is 35.1. The first-order valence-corrected chi connectivity index (χ1v) is 13.7. The van der Waals surface area contributed by atoms with Crippen LogP contribution < -0.4 is 4.74 Å². The minimum Gasteiger partial charge on any atom is -0.491 e. The zero-order valence-electron chi connectivity index (χ0n) is 23.4. The second-order valence-corrected chi connectivity index (χ2v) is 8.21. The van der Waals surface area contributed by atoms with Gasteiger partial charge < -0.3 is 42.6 Å². The summed E-state index contributed by atoms with van der Waals surface area (Å²) in [5, 5.41) is 10.6. The van der Waals surface area contributed by atoms with Gasteiger partial charge in [0, 0.05) is 18.7 Å². The van der Waals surface area contributed by atoms with Gasteiger partial charge in [-0.2, -0.15) is 0 Å². The number of hydrogen-bond donors (Lipinski definition) is 0. The van der Waals surface area contributed by atoms with Crippen LogP contribution in [0.1, 0.15) is 26.2 Å². The number of ether oxygens (including phenoxy) is 9. The quantitative estimate of drug-likeness (QED) is 0.0780. The Morgan fingerprint density at radius 3 is 1.18 bits per heavy atom. The highest BCUT2D eigenvalue weighted by Gasteiger charge is 2.04. The van der Waals surface area contributed by atoms with Crippen molar-refractivity contribution in [2.75, 3.05) is 112 Å². The lowest BCUT2D eigenvalue weighted by Gasteiger charge is -2.09. The summed E-state index contributed by atoms with van der Waals surface area (Å²) in [6.45, 7) is 11.0. The molecule has 0 bridgehead atoms. The molecule has 0 heterocycles. The van der Waals surface area contributed by atoms with E-state index in [4.69, 9.17) is 42.6 Å². The van der Waals surface area contributed by atoms with Gasteiger partial charge in [-0.1, -0.05) is 19.8 Å². The van der Waals surface area contributed by atoms with Crippen LogP contribution in [0.4, 0.5) is 5.69 Å². The van der Waals surface area contributed by atoms with E-state index >= 15 is 0 Å². The van der Waals surface area contributed by atoms with Crippen LogP contribution in [-0.2, 0) is 37.9 Å². The van der Waals surface area contributed by atoms with E-state index in [1.165, 1.54) is 25.0 Å². The van der Waals surface area contributed by atoms with E-state index in [-0.39, 0.29) is 5.69 Å². The largest absolute Gasteiger partial charge is 0.491 e. The van der Waals surface area contributed by atoms with E-state index in [0.717, 1.165) is 13.0 Å². The van der Waals surface area contributed by atoms with E-state index in [9.17, 15) is 10.1 Å². The maximum absolute atomic E-state index is 10.6. The standard InChI is InChI=1S/C27H47NO11/c1-2-3-4-9-31-10-11-32-12-13-33-14-15-34-16-17-35-18-19-36-20-21-37-22-23-38-24-25-39-27-7-5-26(6-8-27)28(29)30/h5-8H,2-4,9-25H2,1H3. The summed E-state index contributed by atoms with van der Waals surface area (Å²) in [4.78, 5) is 10.2. The molecule has 226 valence electrons. The molecule has 0 fully saturated rings. The Morgan fingerprint density at radius 1 is 0.513 bits per heavy atom. The molecule has 0 aromatic heterocycles. The van der Waals surface area contributed by atoms with Crippen molar-refractivity contribution >= 4 is 5.69 Å². The van der Waals surface area contributed by atoms with Crippen LogP contribution in [0.3, 0.4) is 0 Å². The van der Waals surface area contributed by atoms with Gasteiger partial charge in [-0.3, -0.25) is 10.1 Å². The Kier molecular flexibility index (Phi) is 24.9. The molecule has 0 aliphatic heterocycles. The Hall–Kier alpha value is -1.90. The van der Waals surface area contributed by atoms with Gasteiger partial charge in [0.2, 0.25) is 0 Å². The van der Waals surface area contributed by atoms with Gasteiger partial charge in [-0.25, -0.2) is 0 Å². The van der Waals surface area contributed by atoms with Crippen LogP contribution in [0.25, 0.3) is 0 Å². The molecule has 1 aromatic carbocycles. The molecular formula is C27H47NO11. The van der Waals surface area contributed by atoms with Crippen LogP contribution in [0.15, 0.2) is 24.3 Å². The lowest BCUT2D eigenvalue weighted by molar-refractivity contribution is -0.384. The fraction of sp³-hybridized carbons (Fsp3) is 0.778. The predicted octanol–water partition coefficient (Wildman–Crippen LogP) is 3.30. The Labute approximate surface area is 232 Å². The minimum atomic E-state index is -0.449. The van der Waals surface area contributed by atoms with E-state index < -0.39 is 4.92 Å². The molecule has 1 aromatic rings. The summed E-state index contributed by atoms with van der Waals surface area (Å²) in [6.07, 6.45) is 3.53. The molecule has 1 rings (SSSR count). The molecular weight excluding hydrogens is 514 g/mol. The van der Waals surface area contributed by atoms with Gasteiger partial charge in [0.05, 0.1) is 104 Å². The fourth-order valence-electron chi connectivity index (χ4n) is 2.98. The molecule has 0 aliphatic rings. The zero-order valence-corrected chi connectivity index (χ0v) is 23.4. The van der Waals surface area contributed by atoms with Crippen molar-refractivity contribution in [3.05, 3.63) is 34.4 Å².